The lowest BCUT2D eigenvalue weighted by molar-refractivity contribution is 0.686. The molecule has 5 nitrogen and oxygen atoms in total. The molecule has 0 spiro atoms. The molecule has 132 valence electrons. The fourth-order valence-corrected chi connectivity index (χ4v) is 3.62. The molecular formula is C22H19N5. The maximum Gasteiger partial charge on any atom is 0.160 e. The van der Waals surface area contributed by atoms with Crippen molar-refractivity contribution in [2.45, 2.75) is 25.8 Å². The van der Waals surface area contributed by atoms with Gasteiger partial charge in [0.1, 0.15) is 5.69 Å². The van der Waals surface area contributed by atoms with Gasteiger partial charge >= 0.3 is 0 Å². The SMILES string of the molecule is c1ccc(-c2nc3c(c(-c4ccn(Cc5cccnc5)n4)n2)CCC3)cc1. The smallest absolute Gasteiger partial charge is 0.160 e. The van der Waals surface area contributed by atoms with Crippen LogP contribution in [0.2, 0.25) is 0 Å². The lowest BCUT2D eigenvalue weighted by Gasteiger charge is -2.09. The standard InChI is InChI=1S/C22H19N5/c1-2-7-17(8-3-1)22-24-19-10-4-9-18(19)21(25-22)20-11-13-27(26-20)15-16-6-5-12-23-14-16/h1-3,5-8,11-14H,4,9-10,15H2. The largest absolute Gasteiger partial charge is 0.268 e. The van der Waals surface area contributed by atoms with Crippen LogP contribution in [0.15, 0.2) is 67.1 Å². The molecule has 0 saturated heterocycles. The van der Waals surface area contributed by atoms with E-state index in [1.165, 1.54) is 11.3 Å². The number of hydrogen-bond acceptors (Lipinski definition) is 4. The van der Waals surface area contributed by atoms with Crippen molar-refractivity contribution in [1.29, 1.82) is 0 Å². The van der Waals surface area contributed by atoms with Crippen molar-refractivity contribution in [3.8, 4) is 22.8 Å². The lowest BCUT2D eigenvalue weighted by atomic mass is 10.1. The van der Waals surface area contributed by atoms with E-state index in [0.717, 1.165) is 47.6 Å². The Morgan fingerprint density at radius 1 is 0.926 bits per heavy atom. The van der Waals surface area contributed by atoms with Crippen LogP contribution in [0, 0.1) is 0 Å². The van der Waals surface area contributed by atoms with E-state index in [0.29, 0.717) is 6.54 Å². The quantitative estimate of drug-likeness (QED) is 0.558. The van der Waals surface area contributed by atoms with Gasteiger partial charge in [-0.1, -0.05) is 36.4 Å². The van der Waals surface area contributed by atoms with E-state index in [2.05, 4.69) is 23.2 Å². The Hall–Kier alpha value is -3.34. The molecule has 5 heteroatoms. The number of nitrogens with zero attached hydrogens (tertiary/aromatic N) is 5. The second-order valence-electron chi connectivity index (χ2n) is 6.80. The third-order valence-electron chi connectivity index (χ3n) is 4.92. The van der Waals surface area contributed by atoms with E-state index in [1.807, 2.05) is 47.4 Å². The number of rotatable bonds is 4. The van der Waals surface area contributed by atoms with Crippen LogP contribution >= 0.6 is 0 Å². The molecule has 3 aromatic heterocycles. The summed E-state index contributed by atoms with van der Waals surface area (Å²) in [5.41, 5.74) is 6.48. The average molecular weight is 353 g/mol. The molecule has 0 unspecified atom stereocenters. The third kappa shape index (κ3) is 3.12. The highest BCUT2D eigenvalue weighted by atomic mass is 15.3. The molecule has 4 aromatic rings. The third-order valence-corrected chi connectivity index (χ3v) is 4.92. The first-order valence-corrected chi connectivity index (χ1v) is 9.25. The van der Waals surface area contributed by atoms with Gasteiger partial charge in [0.15, 0.2) is 5.82 Å². The van der Waals surface area contributed by atoms with Crippen molar-refractivity contribution in [2.24, 2.45) is 0 Å². The first-order valence-electron chi connectivity index (χ1n) is 9.25. The summed E-state index contributed by atoms with van der Waals surface area (Å²) >= 11 is 0. The Labute approximate surface area is 157 Å². The summed E-state index contributed by atoms with van der Waals surface area (Å²) in [6.45, 7) is 0.701. The van der Waals surface area contributed by atoms with Gasteiger partial charge in [-0.2, -0.15) is 5.10 Å². The number of hydrogen-bond donors (Lipinski definition) is 0. The van der Waals surface area contributed by atoms with Gasteiger partial charge in [-0.15, -0.1) is 0 Å². The summed E-state index contributed by atoms with van der Waals surface area (Å²) < 4.78 is 1.94. The molecule has 27 heavy (non-hydrogen) atoms. The minimum Gasteiger partial charge on any atom is -0.268 e. The van der Waals surface area contributed by atoms with Crippen molar-refractivity contribution < 1.29 is 0 Å². The minimum atomic E-state index is 0.701. The first kappa shape index (κ1) is 15.9. The predicted molar refractivity (Wildman–Crippen MR) is 104 cm³/mol. The summed E-state index contributed by atoms with van der Waals surface area (Å²) in [6.07, 6.45) is 8.83. The summed E-state index contributed by atoms with van der Waals surface area (Å²) in [6, 6.07) is 16.2. The Morgan fingerprint density at radius 3 is 2.70 bits per heavy atom. The van der Waals surface area contributed by atoms with Crippen LogP contribution in [0.4, 0.5) is 0 Å². The first-order chi connectivity index (χ1) is 13.4. The van der Waals surface area contributed by atoms with Crippen LogP contribution < -0.4 is 0 Å². The molecule has 0 atom stereocenters. The van der Waals surface area contributed by atoms with Gasteiger partial charge in [-0.05, 0) is 37.0 Å². The number of fused-ring (bicyclic) bond motifs is 1. The highest BCUT2D eigenvalue weighted by Crippen LogP contribution is 2.31. The summed E-state index contributed by atoms with van der Waals surface area (Å²) in [7, 11) is 0. The Morgan fingerprint density at radius 2 is 1.85 bits per heavy atom. The van der Waals surface area contributed by atoms with E-state index in [9.17, 15) is 0 Å². The number of aryl methyl sites for hydroxylation is 1. The van der Waals surface area contributed by atoms with E-state index >= 15 is 0 Å². The minimum absolute atomic E-state index is 0.701. The second kappa shape index (κ2) is 6.76. The fourth-order valence-electron chi connectivity index (χ4n) is 3.62. The zero-order chi connectivity index (χ0) is 18.1. The molecule has 0 radical (unpaired) electrons. The van der Waals surface area contributed by atoms with Crippen LogP contribution in [-0.4, -0.2) is 24.7 Å². The molecule has 0 saturated carbocycles. The van der Waals surface area contributed by atoms with Gasteiger partial charge in [-0.3, -0.25) is 9.67 Å². The van der Waals surface area contributed by atoms with Crippen molar-refractivity contribution in [3.05, 3.63) is 83.9 Å². The molecule has 0 amide bonds. The predicted octanol–water partition coefficient (Wildman–Crippen LogP) is 3.94. The Bertz CT molecular complexity index is 1070. The molecule has 1 aliphatic rings. The molecular weight excluding hydrogens is 334 g/mol. The molecule has 1 aliphatic carbocycles. The monoisotopic (exact) mass is 353 g/mol. The van der Waals surface area contributed by atoms with E-state index in [-0.39, 0.29) is 0 Å². The number of aromatic nitrogens is 5. The lowest BCUT2D eigenvalue weighted by Crippen LogP contribution is -2.03. The van der Waals surface area contributed by atoms with Gasteiger partial charge in [0.25, 0.3) is 0 Å². The van der Waals surface area contributed by atoms with Crippen LogP contribution in [0.1, 0.15) is 23.2 Å². The molecule has 0 aliphatic heterocycles. The van der Waals surface area contributed by atoms with Crippen LogP contribution in [0.3, 0.4) is 0 Å². The van der Waals surface area contributed by atoms with Gasteiger partial charge in [0.05, 0.1) is 12.2 Å². The molecule has 0 fully saturated rings. The molecule has 3 heterocycles. The van der Waals surface area contributed by atoms with Gasteiger partial charge in [-0.25, -0.2) is 9.97 Å². The molecule has 0 bridgehead atoms. The van der Waals surface area contributed by atoms with E-state index < -0.39 is 0 Å². The maximum atomic E-state index is 4.91. The number of benzene rings is 1. The van der Waals surface area contributed by atoms with Crippen LogP contribution in [-0.2, 0) is 19.4 Å². The highest BCUT2D eigenvalue weighted by molar-refractivity contribution is 5.65. The average Bonchev–Trinajstić information content (AvgIpc) is 3.38. The number of pyridine rings is 1. The summed E-state index contributed by atoms with van der Waals surface area (Å²) in [4.78, 5) is 13.9. The maximum absolute atomic E-state index is 4.91. The van der Waals surface area contributed by atoms with Gasteiger partial charge in [0, 0.05) is 35.4 Å². The summed E-state index contributed by atoms with van der Waals surface area (Å²) in [5, 5.41) is 4.79. The van der Waals surface area contributed by atoms with Crippen molar-refractivity contribution in [2.75, 3.05) is 0 Å². The Balaban J connectivity index is 1.54. The normalized spacial score (nSPS) is 12.9. The van der Waals surface area contributed by atoms with E-state index in [1.54, 1.807) is 6.20 Å². The van der Waals surface area contributed by atoms with Gasteiger partial charge in [0.2, 0.25) is 0 Å². The Kier molecular flexibility index (Phi) is 3.98. The van der Waals surface area contributed by atoms with Crippen LogP contribution in [0.5, 0.6) is 0 Å². The highest BCUT2D eigenvalue weighted by Gasteiger charge is 2.22. The zero-order valence-corrected chi connectivity index (χ0v) is 14.9. The second-order valence-corrected chi connectivity index (χ2v) is 6.80. The van der Waals surface area contributed by atoms with Crippen molar-refractivity contribution in [3.63, 3.8) is 0 Å². The topological polar surface area (TPSA) is 56.5 Å². The van der Waals surface area contributed by atoms with Gasteiger partial charge < -0.3 is 0 Å². The zero-order valence-electron chi connectivity index (χ0n) is 14.9. The molecule has 5 rings (SSSR count). The molecule has 0 N–H and O–H groups in total. The van der Waals surface area contributed by atoms with Crippen molar-refractivity contribution in [1.82, 2.24) is 24.7 Å². The van der Waals surface area contributed by atoms with E-state index in [4.69, 9.17) is 15.1 Å². The van der Waals surface area contributed by atoms with Crippen LogP contribution in [0.25, 0.3) is 22.8 Å². The molecule has 1 aromatic carbocycles. The fraction of sp³-hybridized carbons (Fsp3) is 0.182. The van der Waals surface area contributed by atoms with Crippen molar-refractivity contribution >= 4 is 0 Å². The summed E-state index contributed by atoms with van der Waals surface area (Å²) in [5.74, 6) is 0.785.